The highest BCUT2D eigenvalue weighted by molar-refractivity contribution is 5.72. The fourth-order valence-electron chi connectivity index (χ4n) is 1.70. The van der Waals surface area contributed by atoms with Crippen molar-refractivity contribution in [1.29, 1.82) is 0 Å². The topological polar surface area (TPSA) is 76.1 Å². The third-order valence-corrected chi connectivity index (χ3v) is 2.41. The van der Waals surface area contributed by atoms with Crippen LogP contribution in [-0.2, 0) is 14.3 Å². The zero-order valence-corrected chi connectivity index (χ0v) is 9.02. The molecule has 1 aliphatic rings. The van der Waals surface area contributed by atoms with E-state index in [1.54, 1.807) is 13.8 Å². The molecule has 0 spiro atoms. The maximum absolute atomic E-state index is 11.0. The maximum atomic E-state index is 11.0. The van der Waals surface area contributed by atoms with Gasteiger partial charge in [-0.15, -0.1) is 0 Å². The molecule has 6 nitrogen and oxygen atoms in total. The minimum absolute atomic E-state index is 0.0201. The molecule has 1 fully saturated rings. The van der Waals surface area contributed by atoms with Crippen molar-refractivity contribution >= 4 is 12.1 Å². The summed E-state index contributed by atoms with van der Waals surface area (Å²) in [5.41, 5.74) is -0.884. The van der Waals surface area contributed by atoms with Gasteiger partial charge in [-0.2, -0.15) is 0 Å². The zero-order valence-electron chi connectivity index (χ0n) is 9.02. The van der Waals surface area contributed by atoms with Gasteiger partial charge in [0.25, 0.3) is 0 Å². The van der Waals surface area contributed by atoms with Crippen LogP contribution < -0.4 is 0 Å². The van der Waals surface area contributed by atoms with Crippen molar-refractivity contribution in [1.82, 2.24) is 4.90 Å². The molecule has 0 radical (unpaired) electrons. The summed E-state index contributed by atoms with van der Waals surface area (Å²) in [5, 5.41) is 9.00. The molecule has 1 saturated heterocycles. The van der Waals surface area contributed by atoms with Crippen LogP contribution in [0.4, 0.5) is 4.79 Å². The van der Waals surface area contributed by atoms with Crippen molar-refractivity contribution in [2.75, 3.05) is 13.7 Å². The van der Waals surface area contributed by atoms with Crippen molar-refractivity contribution in [2.24, 2.45) is 0 Å². The van der Waals surface area contributed by atoms with Crippen LogP contribution in [0.2, 0.25) is 0 Å². The van der Waals surface area contributed by atoms with Crippen LogP contribution in [0.3, 0.4) is 0 Å². The lowest BCUT2D eigenvalue weighted by atomic mass is 10.2. The highest BCUT2D eigenvalue weighted by Crippen LogP contribution is 2.28. The summed E-state index contributed by atoms with van der Waals surface area (Å²) in [5.74, 6) is -0.437. The Hall–Kier alpha value is -1.30. The van der Waals surface area contributed by atoms with E-state index in [1.165, 1.54) is 7.11 Å². The summed E-state index contributed by atoms with van der Waals surface area (Å²) in [6.45, 7) is 3.52. The Labute approximate surface area is 87.8 Å². The van der Waals surface area contributed by atoms with Gasteiger partial charge in [0.1, 0.15) is 5.72 Å². The smallest absolute Gasteiger partial charge is 0.409 e. The van der Waals surface area contributed by atoms with E-state index in [4.69, 9.17) is 9.84 Å². The predicted molar refractivity (Wildman–Crippen MR) is 50.3 cm³/mol. The average Bonchev–Trinajstić information content (AvgIpc) is 2.41. The fraction of sp³-hybridized carbons (Fsp3) is 0.778. The monoisotopic (exact) mass is 217 g/mol. The number of esters is 1. The van der Waals surface area contributed by atoms with Crippen molar-refractivity contribution in [3.63, 3.8) is 0 Å². The number of carbonyl (C=O) groups is 2. The molecule has 0 bridgehead atoms. The molecule has 1 atom stereocenters. The lowest BCUT2D eigenvalue weighted by Gasteiger charge is -2.30. The molecule has 1 unspecified atom stereocenters. The summed E-state index contributed by atoms with van der Waals surface area (Å²) in [6, 6.07) is -0.468. The third-order valence-electron chi connectivity index (χ3n) is 2.41. The van der Waals surface area contributed by atoms with Gasteiger partial charge >= 0.3 is 12.1 Å². The van der Waals surface area contributed by atoms with E-state index in [-0.39, 0.29) is 13.0 Å². The van der Waals surface area contributed by atoms with E-state index in [0.29, 0.717) is 0 Å². The first-order valence-corrected chi connectivity index (χ1v) is 4.61. The molecule has 1 amide bonds. The fourth-order valence-corrected chi connectivity index (χ4v) is 1.70. The zero-order chi connectivity index (χ0) is 11.6. The number of hydrogen-bond acceptors (Lipinski definition) is 4. The Morgan fingerprint density at radius 3 is 2.67 bits per heavy atom. The van der Waals surface area contributed by atoms with E-state index in [2.05, 4.69) is 4.74 Å². The lowest BCUT2D eigenvalue weighted by Crippen LogP contribution is -2.47. The molecule has 0 aliphatic carbocycles. The van der Waals surface area contributed by atoms with Gasteiger partial charge < -0.3 is 14.6 Å². The van der Waals surface area contributed by atoms with Crippen LogP contribution in [0.25, 0.3) is 0 Å². The molecule has 0 aromatic carbocycles. The second kappa shape index (κ2) is 4.06. The largest absolute Gasteiger partial charge is 0.469 e. The molecular weight excluding hydrogens is 202 g/mol. The second-order valence-electron chi connectivity index (χ2n) is 3.84. The van der Waals surface area contributed by atoms with Crippen LogP contribution in [-0.4, -0.2) is 47.6 Å². The number of rotatable bonds is 2. The Kier molecular flexibility index (Phi) is 3.18. The van der Waals surface area contributed by atoms with Gasteiger partial charge in [0.05, 0.1) is 26.2 Å². The number of methoxy groups -OCH3 is 1. The van der Waals surface area contributed by atoms with Crippen LogP contribution in [0.1, 0.15) is 20.3 Å². The first-order chi connectivity index (χ1) is 6.88. The van der Waals surface area contributed by atoms with Gasteiger partial charge in [0, 0.05) is 0 Å². The van der Waals surface area contributed by atoms with Crippen LogP contribution >= 0.6 is 0 Å². The summed E-state index contributed by atoms with van der Waals surface area (Å²) in [6.07, 6.45) is -1.07. The number of amides is 1. The molecule has 0 saturated carbocycles. The summed E-state index contributed by atoms with van der Waals surface area (Å²) in [4.78, 5) is 23.2. The Balaban J connectivity index is 2.74. The molecule has 1 heterocycles. The Morgan fingerprint density at radius 2 is 2.20 bits per heavy atom. The first-order valence-electron chi connectivity index (χ1n) is 4.61. The average molecular weight is 217 g/mol. The molecule has 86 valence electrons. The number of nitrogens with zero attached hydrogens (tertiary/aromatic N) is 1. The third kappa shape index (κ3) is 2.38. The maximum Gasteiger partial charge on any atom is 0.409 e. The van der Waals surface area contributed by atoms with Gasteiger partial charge in [-0.1, -0.05) is 0 Å². The van der Waals surface area contributed by atoms with Crippen molar-refractivity contribution in [3.05, 3.63) is 0 Å². The van der Waals surface area contributed by atoms with Crippen molar-refractivity contribution in [3.8, 4) is 0 Å². The van der Waals surface area contributed by atoms with E-state index in [0.717, 1.165) is 4.90 Å². The molecule has 1 aliphatic heterocycles. The Bertz CT molecular complexity index is 276. The van der Waals surface area contributed by atoms with E-state index in [1.807, 2.05) is 0 Å². The van der Waals surface area contributed by atoms with Gasteiger partial charge in [-0.3, -0.25) is 9.69 Å². The van der Waals surface area contributed by atoms with Gasteiger partial charge in [-0.25, -0.2) is 4.79 Å². The highest BCUT2D eigenvalue weighted by atomic mass is 16.5. The Morgan fingerprint density at radius 1 is 1.60 bits per heavy atom. The summed E-state index contributed by atoms with van der Waals surface area (Å²) >= 11 is 0. The molecule has 0 aromatic heterocycles. The van der Waals surface area contributed by atoms with Gasteiger partial charge in [0.2, 0.25) is 0 Å². The molecule has 15 heavy (non-hydrogen) atoms. The molecule has 1 N–H and O–H groups in total. The number of ether oxygens (including phenoxy) is 2. The first kappa shape index (κ1) is 11.8. The van der Waals surface area contributed by atoms with Crippen LogP contribution in [0.15, 0.2) is 0 Å². The van der Waals surface area contributed by atoms with Crippen LogP contribution in [0, 0.1) is 0 Å². The standard InChI is InChI=1S/C9H15NO5/c1-9(2)10(8(12)13)6(5-15-9)4-7(11)14-3/h6H,4-5H2,1-3H3,(H,12,13). The summed E-state index contributed by atoms with van der Waals surface area (Å²) < 4.78 is 9.80. The number of carbonyl (C=O) groups excluding carboxylic acids is 1. The lowest BCUT2D eigenvalue weighted by molar-refractivity contribution is -0.141. The van der Waals surface area contributed by atoms with E-state index < -0.39 is 23.8 Å². The molecular formula is C9H15NO5. The molecule has 6 heteroatoms. The predicted octanol–water partition coefficient (Wildman–Crippen LogP) is 0.664. The van der Waals surface area contributed by atoms with Gasteiger partial charge in [0.15, 0.2) is 0 Å². The highest BCUT2D eigenvalue weighted by Gasteiger charge is 2.44. The normalized spacial score (nSPS) is 23.9. The van der Waals surface area contributed by atoms with Gasteiger partial charge in [-0.05, 0) is 13.8 Å². The second-order valence-corrected chi connectivity index (χ2v) is 3.84. The van der Waals surface area contributed by atoms with Crippen LogP contribution in [0.5, 0.6) is 0 Å². The van der Waals surface area contributed by atoms with Crippen molar-refractivity contribution < 1.29 is 24.2 Å². The quantitative estimate of drug-likeness (QED) is 0.688. The minimum Gasteiger partial charge on any atom is -0.469 e. The van der Waals surface area contributed by atoms with Crippen molar-refractivity contribution in [2.45, 2.75) is 32.0 Å². The van der Waals surface area contributed by atoms with E-state index in [9.17, 15) is 9.59 Å². The van der Waals surface area contributed by atoms with E-state index >= 15 is 0 Å². The number of hydrogen-bond donors (Lipinski definition) is 1. The SMILES string of the molecule is COC(=O)CC1COC(C)(C)N1C(=O)O. The number of carboxylic acid groups (broad SMARTS) is 1. The molecule has 0 aromatic rings. The minimum atomic E-state index is -1.09. The molecule has 1 rings (SSSR count). The summed E-state index contributed by atoms with van der Waals surface area (Å²) in [7, 11) is 1.27.